The van der Waals surface area contributed by atoms with Crippen molar-refractivity contribution >= 4 is 11.6 Å². The lowest BCUT2D eigenvalue weighted by atomic mass is 10.00. The maximum atomic E-state index is 5.74. The molecule has 0 saturated heterocycles. The number of aryl methyl sites for hydroxylation is 1. The van der Waals surface area contributed by atoms with E-state index < -0.39 is 0 Å². The third kappa shape index (κ3) is 2.71. The van der Waals surface area contributed by atoms with E-state index in [9.17, 15) is 0 Å². The van der Waals surface area contributed by atoms with Crippen molar-refractivity contribution in [1.29, 1.82) is 0 Å². The van der Waals surface area contributed by atoms with Gasteiger partial charge in [-0.3, -0.25) is 0 Å². The van der Waals surface area contributed by atoms with Gasteiger partial charge in [-0.1, -0.05) is 24.3 Å². The molecule has 1 nitrogen and oxygen atoms in total. The van der Waals surface area contributed by atoms with Crippen LogP contribution < -0.4 is 5.32 Å². The molecule has 0 aliphatic rings. The molecule has 1 N–H and O–H groups in total. The molecule has 2 heteroatoms. The van der Waals surface area contributed by atoms with Crippen LogP contribution in [0.25, 0.3) is 0 Å². The number of benzene rings is 1. The predicted molar refractivity (Wildman–Crippen MR) is 58.3 cm³/mol. The van der Waals surface area contributed by atoms with Crippen LogP contribution in [-0.4, -0.2) is 12.9 Å². The van der Waals surface area contributed by atoms with Crippen molar-refractivity contribution in [3.8, 4) is 0 Å². The van der Waals surface area contributed by atoms with Crippen LogP contribution in [0.4, 0.5) is 0 Å². The molecule has 0 fully saturated rings. The van der Waals surface area contributed by atoms with Gasteiger partial charge in [-0.25, -0.2) is 0 Å². The van der Waals surface area contributed by atoms with Gasteiger partial charge in [-0.05, 0) is 31.5 Å². The minimum absolute atomic E-state index is 0.388. The molecule has 0 saturated carbocycles. The zero-order valence-corrected chi connectivity index (χ0v) is 8.93. The molecular weight excluding hydrogens is 182 g/mol. The Hall–Kier alpha value is -0.530. The normalized spacial score (nSPS) is 12.8. The highest BCUT2D eigenvalue weighted by Crippen LogP contribution is 2.20. The molecule has 1 rings (SSSR count). The Bertz CT molecular complexity index is 260. The van der Waals surface area contributed by atoms with Crippen molar-refractivity contribution in [3.63, 3.8) is 0 Å². The lowest BCUT2D eigenvalue weighted by Crippen LogP contribution is -2.17. The monoisotopic (exact) mass is 197 g/mol. The molecule has 0 spiro atoms. The Morgan fingerprint density at radius 3 is 2.62 bits per heavy atom. The summed E-state index contributed by atoms with van der Waals surface area (Å²) in [7, 11) is 1.98. The van der Waals surface area contributed by atoms with Crippen LogP contribution in [0.1, 0.15) is 23.6 Å². The van der Waals surface area contributed by atoms with Gasteiger partial charge < -0.3 is 5.32 Å². The molecule has 0 heterocycles. The van der Waals surface area contributed by atoms with E-state index in [4.69, 9.17) is 11.6 Å². The summed E-state index contributed by atoms with van der Waals surface area (Å²) >= 11 is 5.74. The number of alkyl halides is 1. The molecule has 72 valence electrons. The van der Waals surface area contributed by atoms with Crippen molar-refractivity contribution < 1.29 is 0 Å². The summed E-state index contributed by atoms with van der Waals surface area (Å²) in [4.78, 5) is 0. The molecule has 13 heavy (non-hydrogen) atoms. The van der Waals surface area contributed by atoms with E-state index in [1.807, 2.05) is 7.05 Å². The van der Waals surface area contributed by atoms with Gasteiger partial charge in [0.25, 0.3) is 0 Å². The topological polar surface area (TPSA) is 12.0 Å². The van der Waals surface area contributed by atoms with E-state index in [0.717, 1.165) is 6.42 Å². The largest absolute Gasteiger partial charge is 0.313 e. The van der Waals surface area contributed by atoms with Gasteiger partial charge in [0.15, 0.2) is 0 Å². The van der Waals surface area contributed by atoms with Crippen LogP contribution in [0.5, 0.6) is 0 Å². The summed E-state index contributed by atoms with van der Waals surface area (Å²) in [6.07, 6.45) is 0.975. The smallest absolute Gasteiger partial charge is 0.0331 e. The molecule has 0 radical (unpaired) electrons. The number of hydrogen-bond donors (Lipinski definition) is 1. The van der Waals surface area contributed by atoms with Crippen LogP contribution in [0, 0.1) is 6.92 Å². The van der Waals surface area contributed by atoms with Crippen LogP contribution in [0.3, 0.4) is 0 Å². The Morgan fingerprint density at radius 1 is 1.38 bits per heavy atom. The summed E-state index contributed by atoms with van der Waals surface area (Å²) in [6.45, 7) is 2.13. The zero-order chi connectivity index (χ0) is 9.68. The molecule has 0 aliphatic heterocycles. The average Bonchev–Trinajstić information content (AvgIpc) is 2.16. The first kappa shape index (κ1) is 10.6. The third-order valence-corrected chi connectivity index (χ3v) is 2.53. The van der Waals surface area contributed by atoms with Crippen LogP contribution in [-0.2, 0) is 0 Å². The van der Waals surface area contributed by atoms with Crippen molar-refractivity contribution in [1.82, 2.24) is 5.32 Å². The molecule has 1 aromatic carbocycles. The fraction of sp³-hybridized carbons (Fsp3) is 0.455. The van der Waals surface area contributed by atoms with Gasteiger partial charge in [-0.2, -0.15) is 0 Å². The van der Waals surface area contributed by atoms with Gasteiger partial charge in [-0.15, -0.1) is 11.6 Å². The minimum Gasteiger partial charge on any atom is -0.313 e. The molecular formula is C11H16ClN. The molecule has 1 unspecified atom stereocenters. The number of rotatable bonds is 4. The van der Waals surface area contributed by atoms with E-state index in [0.29, 0.717) is 11.9 Å². The number of nitrogens with one attached hydrogen (secondary N) is 1. The molecule has 0 aromatic heterocycles. The highest BCUT2D eigenvalue weighted by atomic mass is 35.5. The van der Waals surface area contributed by atoms with E-state index in [2.05, 4.69) is 36.5 Å². The number of halogens is 1. The summed E-state index contributed by atoms with van der Waals surface area (Å²) in [5.74, 6) is 0.694. The van der Waals surface area contributed by atoms with Crippen LogP contribution in [0.2, 0.25) is 0 Å². The predicted octanol–water partition coefficient (Wildman–Crippen LogP) is 2.88. The van der Waals surface area contributed by atoms with Crippen molar-refractivity contribution in [2.24, 2.45) is 0 Å². The lowest BCUT2D eigenvalue weighted by molar-refractivity contribution is 0.577. The number of hydrogen-bond acceptors (Lipinski definition) is 1. The van der Waals surface area contributed by atoms with Crippen molar-refractivity contribution in [3.05, 3.63) is 35.4 Å². The third-order valence-electron chi connectivity index (χ3n) is 2.31. The second kappa shape index (κ2) is 5.25. The van der Waals surface area contributed by atoms with Gasteiger partial charge in [0.1, 0.15) is 0 Å². The highest BCUT2D eigenvalue weighted by molar-refractivity contribution is 6.17. The van der Waals surface area contributed by atoms with Crippen molar-refractivity contribution in [2.45, 2.75) is 19.4 Å². The highest BCUT2D eigenvalue weighted by Gasteiger charge is 2.09. The first-order chi connectivity index (χ1) is 6.29. The molecule has 0 amide bonds. The van der Waals surface area contributed by atoms with Crippen molar-refractivity contribution in [2.75, 3.05) is 12.9 Å². The standard InChI is InChI=1S/C11H16ClN/c1-9-5-3-4-6-10(9)11(13-2)7-8-12/h3-6,11,13H,7-8H2,1-2H3. The first-order valence-electron chi connectivity index (χ1n) is 4.58. The average molecular weight is 198 g/mol. The Morgan fingerprint density at radius 2 is 2.08 bits per heavy atom. The van der Waals surface area contributed by atoms with Gasteiger partial charge >= 0.3 is 0 Å². The molecule has 1 atom stereocenters. The zero-order valence-electron chi connectivity index (χ0n) is 8.18. The summed E-state index contributed by atoms with van der Waals surface area (Å²) in [5, 5.41) is 3.28. The Balaban J connectivity index is 2.84. The molecule has 0 bridgehead atoms. The summed E-state index contributed by atoms with van der Waals surface area (Å²) in [6, 6.07) is 8.81. The van der Waals surface area contributed by atoms with Gasteiger partial charge in [0.05, 0.1) is 0 Å². The van der Waals surface area contributed by atoms with Gasteiger partial charge in [0, 0.05) is 11.9 Å². The maximum absolute atomic E-state index is 5.74. The summed E-state index contributed by atoms with van der Waals surface area (Å²) < 4.78 is 0. The maximum Gasteiger partial charge on any atom is 0.0331 e. The first-order valence-corrected chi connectivity index (χ1v) is 5.11. The fourth-order valence-electron chi connectivity index (χ4n) is 1.54. The second-order valence-corrected chi connectivity index (χ2v) is 3.55. The van der Waals surface area contributed by atoms with E-state index >= 15 is 0 Å². The summed E-state index contributed by atoms with van der Waals surface area (Å²) in [5.41, 5.74) is 2.68. The molecule has 1 aromatic rings. The lowest BCUT2D eigenvalue weighted by Gasteiger charge is -2.17. The quantitative estimate of drug-likeness (QED) is 0.732. The molecule has 0 aliphatic carbocycles. The van der Waals surface area contributed by atoms with Gasteiger partial charge in [0.2, 0.25) is 0 Å². The van der Waals surface area contributed by atoms with E-state index in [-0.39, 0.29) is 0 Å². The van der Waals surface area contributed by atoms with Crippen LogP contribution in [0.15, 0.2) is 24.3 Å². The van der Waals surface area contributed by atoms with Crippen LogP contribution >= 0.6 is 11.6 Å². The fourth-order valence-corrected chi connectivity index (χ4v) is 1.76. The minimum atomic E-state index is 0.388. The van der Waals surface area contributed by atoms with E-state index in [1.54, 1.807) is 0 Å². The second-order valence-electron chi connectivity index (χ2n) is 3.18. The van der Waals surface area contributed by atoms with E-state index in [1.165, 1.54) is 11.1 Å². The SMILES string of the molecule is CNC(CCCl)c1ccccc1C. The Labute approximate surface area is 85.1 Å². The Kier molecular flexibility index (Phi) is 4.26.